The smallest absolute Gasteiger partial charge is 0.264 e. The highest BCUT2D eigenvalue weighted by Gasteiger charge is 2.35. The minimum Gasteiger partial charge on any atom is -0.354 e. The molecule has 7 nitrogen and oxygen atoms in total. The van der Waals surface area contributed by atoms with E-state index in [0.717, 1.165) is 33.8 Å². The molecule has 47 heavy (non-hydrogen) atoms. The Morgan fingerprint density at radius 3 is 2.15 bits per heavy atom. The Morgan fingerprint density at radius 2 is 1.51 bits per heavy atom. The van der Waals surface area contributed by atoms with E-state index >= 15 is 0 Å². The zero-order valence-corrected chi connectivity index (χ0v) is 29.6. The fourth-order valence-electron chi connectivity index (χ4n) is 5.04. The van der Waals surface area contributed by atoms with Gasteiger partial charge in [-0.25, -0.2) is 8.42 Å². The lowest BCUT2D eigenvalue weighted by Gasteiger charge is -2.34. The number of hydrogen-bond donors (Lipinski definition) is 1. The van der Waals surface area contributed by atoms with Gasteiger partial charge < -0.3 is 10.2 Å². The average Bonchev–Trinajstić information content (AvgIpc) is 3.04. The first-order valence-corrected chi connectivity index (χ1v) is 17.9. The average molecular weight is 715 g/mol. The minimum atomic E-state index is -4.25. The Balaban J connectivity index is 1.83. The summed E-state index contributed by atoms with van der Waals surface area (Å²) in [6, 6.07) is 24.3. The Bertz CT molecular complexity index is 1800. The number of unbranched alkanes of at least 4 members (excludes halogenated alkanes) is 1. The normalized spacial score (nSPS) is 12.0. The van der Waals surface area contributed by atoms with E-state index in [-0.39, 0.29) is 23.8 Å². The molecule has 0 radical (unpaired) electrons. The van der Waals surface area contributed by atoms with E-state index in [9.17, 15) is 18.0 Å². The molecule has 0 aliphatic heterocycles. The third-order valence-electron chi connectivity index (χ3n) is 7.92. The fraction of sp³-hybridized carbons (Fsp3) is 0.278. The Hall–Kier alpha value is -3.56. The summed E-state index contributed by atoms with van der Waals surface area (Å²) < 4.78 is 29.5. The van der Waals surface area contributed by atoms with Crippen LogP contribution < -0.4 is 9.62 Å². The molecular weight excluding hydrogens is 677 g/mol. The Morgan fingerprint density at radius 1 is 0.830 bits per heavy atom. The molecule has 11 heteroatoms. The van der Waals surface area contributed by atoms with Crippen LogP contribution in [0, 0.1) is 13.8 Å². The molecule has 0 unspecified atom stereocenters. The molecule has 0 aliphatic carbocycles. The van der Waals surface area contributed by atoms with Crippen LogP contribution >= 0.6 is 34.8 Å². The summed E-state index contributed by atoms with van der Waals surface area (Å²) in [7, 11) is -4.25. The van der Waals surface area contributed by atoms with Gasteiger partial charge in [-0.3, -0.25) is 13.9 Å². The molecule has 248 valence electrons. The van der Waals surface area contributed by atoms with Gasteiger partial charge in [-0.05, 0) is 91.1 Å². The molecule has 0 saturated heterocycles. The van der Waals surface area contributed by atoms with Crippen molar-refractivity contribution in [3.05, 3.63) is 128 Å². The van der Waals surface area contributed by atoms with E-state index in [2.05, 4.69) is 5.32 Å². The number of carbonyl (C=O) groups excluding carboxylic acids is 2. The number of nitrogens with zero attached hydrogens (tertiary/aromatic N) is 2. The zero-order chi connectivity index (χ0) is 34.1. The fourth-order valence-corrected chi connectivity index (χ4v) is 7.04. The predicted molar refractivity (Wildman–Crippen MR) is 191 cm³/mol. The number of anilines is 1. The monoisotopic (exact) mass is 713 g/mol. The molecule has 0 aliphatic rings. The number of aryl methyl sites for hydroxylation is 2. The van der Waals surface area contributed by atoms with Crippen LogP contribution in [0.15, 0.2) is 95.9 Å². The van der Waals surface area contributed by atoms with Gasteiger partial charge in [0.2, 0.25) is 11.8 Å². The predicted octanol–water partition coefficient (Wildman–Crippen LogP) is 8.02. The van der Waals surface area contributed by atoms with Crippen molar-refractivity contribution in [1.29, 1.82) is 0 Å². The maximum Gasteiger partial charge on any atom is 0.264 e. The van der Waals surface area contributed by atoms with Crippen molar-refractivity contribution >= 4 is 62.3 Å². The second kappa shape index (κ2) is 16.5. The molecule has 0 heterocycles. The first-order chi connectivity index (χ1) is 22.4. The van der Waals surface area contributed by atoms with Crippen LogP contribution in [0.25, 0.3) is 0 Å². The Labute approximate surface area is 292 Å². The van der Waals surface area contributed by atoms with Crippen LogP contribution in [-0.2, 0) is 32.6 Å². The number of carbonyl (C=O) groups is 2. The first-order valence-electron chi connectivity index (χ1n) is 15.3. The molecule has 0 aromatic heterocycles. The second-order valence-corrected chi connectivity index (χ2v) is 14.5. The van der Waals surface area contributed by atoms with E-state index in [1.165, 1.54) is 29.2 Å². The number of benzene rings is 4. The molecule has 0 spiro atoms. The van der Waals surface area contributed by atoms with Gasteiger partial charge >= 0.3 is 0 Å². The van der Waals surface area contributed by atoms with Gasteiger partial charge in [0.05, 0.1) is 10.6 Å². The summed E-state index contributed by atoms with van der Waals surface area (Å²) in [5.74, 6) is -0.933. The molecule has 4 aromatic rings. The SMILES string of the molecule is CCCCNC(=O)[C@H](Cc1ccccc1)N(Cc1ccc(Cl)cc1Cl)C(=O)CN(c1ccc(C)c(C)c1)S(=O)(=O)c1ccc(Cl)cc1. The van der Waals surface area contributed by atoms with Gasteiger partial charge in [-0.1, -0.05) is 90.6 Å². The van der Waals surface area contributed by atoms with Crippen LogP contribution in [0.5, 0.6) is 0 Å². The van der Waals surface area contributed by atoms with E-state index in [1.807, 2.05) is 57.2 Å². The summed E-state index contributed by atoms with van der Waals surface area (Å²) in [5, 5.41) is 4.09. The maximum absolute atomic E-state index is 14.6. The van der Waals surface area contributed by atoms with Crippen molar-refractivity contribution in [2.24, 2.45) is 0 Å². The van der Waals surface area contributed by atoms with Crippen molar-refractivity contribution in [2.75, 3.05) is 17.4 Å². The summed E-state index contributed by atoms with van der Waals surface area (Å²) in [5.41, 5.74) is 3.53. The lowest BCUT2D eigenvalue weighted by atomic mass is 10.0. The molecular formula is C36H38Cl3N3O4S. The summed E-state index contributed by atoms with van der Waals surface area (Å²) in [6.07, 6.45) is 1.84. The maximum atomic E-state index is 14.6. The quantitative estimate of drug-likeness (QED) is 0.134. The van der Waals surface area contributed by atoms with Crippen LogP contribution in [0.3, 0.4) is 0 Å². The van der Waals surface area contributed by atoms with Crippen molar-refractivity contribution in [1.82, 2.24) is 10.2 Å². The van der Waals surface area contributed by atoms with Gasteiger partial charge in [-0.15, -0.1) is 0 Å². The van der Waals surface area contributed by atoms with Crippen molar-refractivity contribution < 1.29 is 18.0 Å². The van der Waals surface area contributed by atoms with Gasteiger partial charge in [0.15, 0.2) is 0 Å². The largest absolute Gasteiger partial charge is 0.354 e. The second-order valence-electron chi connectivity index (χ2n) is 11.3. The molecule has 0 fully saturated rings. The lowest BCUT2D eigenvalue weighted by Crippen LogP contribution is -2.53. The zero-order valence-electron chi connectivity index (χ0n) is 26.5. The number of nitrogens with one attached hydrogen (secondary N) is 1. The molecule has 0 bridgehead atoms. The molecule has 4 rings (SSSR count). The third kappa shape index (κ3) is 9.51. The van der Waals surface area contributed by atoms with Crippen molar-refractivity contribution in [3.63, 3.8) is 0 Å². The number of rotatable bonds is 14. The van der Waals surface area contributed by atoms with E-state index in [1.54, 1.807) is 30.3 Å². The molecule has 1 atom stereocenters. The third-order valence-corrected chi connectivity index (χ3v) is 10.5. The summed E-state index contributed by atoms with van der Waals surface area (Å²) >= 11 is 18.8. The van der Waals surface area contributed by atoms with Crippen LogP contribution in [-0.4, -0.2) is 44.3 Å². The van der Waals surface area contributed by atoms with Crippen LogP contribution in [0.2, 0.25) is 15.1 Å². The Kier molecular flexibility index (Phi) is 12.7. The number of sulfonamides is 1. The van der Waals surface area contributed by atoms with E-state index < -0.39 is 28.5 Å². The molecule has 4 aromatic carbocycles. The summed E-state index contributed by atoms with van der Waals surface area (Å²) in [6.45, 7) is 5.62. The van der Waals surface area contributed by atoms with Gasteiger partial charge in [-0.2, -0.15) is 0 Å². The highest BCUT2D eigenvalue weighted by molar-refractivity contribution is 7.92. The highest BCUT2D eigenvalue weighted by atomic mass is 35.5. The van der Waals surface area contributed by atoms with Gasteiger partial charge in [0.1, 0.15) is 12.6 Å². The minimum absolute atomic E-state index is 0.0293. The molecule has 2 amide bonds. The van der Waals surface area contributed by atoms with E-state index in [4.69, 9.17) is 34.8 Å². The van der Waals surface area contributed by atoms with E-state index in [0.29, 0.717) is 32.9 Å². The number of amides is 2. The van der Waals surface area contributed by atoms with Gasteiger partial charge in [0.25, 0.3) is 10.0 Å². The van der Waals surface area contributed by atoms with Crippen molar-refractivity contribution in [2.45, 2.75) is 57.5 Å². The standard InChI is InChI=1S/C36H38Cl3N3O4S/c1-4-5-19-40-36(44)34(21-27-9-7-6-8-10-27)41(23-28-12-13-30(38)22-33(28)39)35(43)24-42(31-16-11-25(2)26(3)20-31)47(45,46)32-17-14-29(37)15-18-32/h6-18,20,22,34H,4-5,19,21,23-24H2,1-3H3,(H,40,44)/t34-/m0/s1. The van der Waals surface area contributed by atoms with Gasteiger partial charge in [0, 0.05) is 34.6 Å². The highest BCUT2D eigenvalue weighted by Crippen LogP contribution is 2.29. The lowest BCUT2D eigenvalue weighted by molar-refractivity contribution is -0.140. The van der Waals surface area contributed by atoms with Crippen LogP contribution in [0.4, 0.5) is 5.69 Å². The first kappa shape index (κ1) is 36.3. The number of hydrogen-bond acceptors (Lipinski definition) is 4. The number of halogens is 3. The van der Waals surface area contributed by atoms with Crippen molar-refractivity contribution in [3.8, 4) is 0 Å². The molecule has 1 N–H and O–H groups in total. The molecule has 0 saturated carbocycles. The topological polar surface area (TPSA) is 86.8 Å². The van der Waals surface area contributed by atoms with Crippen LogP contribution in [0.1, 0.15) is 42.0 Å². The summed E-state index contributed by atoms with van der Waals surface area (Å²) in [4.78, 5) is 29.9.